The summed E-state index contributed by atoms with van der Waals surface area (Å²) in [5, 5.41) is 0. The molecule has 5 heteroatoms. The molecular weight excluding hydrogens is 306 g/mol. The number of rotatable bonds is 6. The van der Waals surface area contributed by atoms with Gasteiger partial charge in [0.15, 0.2) is 0 Å². The first-order valence-corrected chi connectivity index (χ1v) is 7.72. The number of hydrogen-bond acceptors (Lipinski definition) is 4. The second-order valence-corrected chi connectivity index (χ2v) is 5.43. The maximum Gasteiger partial charge on any atom is 0.338 e. The molecule has 0 heterocycles. The summed E-state index contributed by atoms with van der Waals surface area (Å²) in [7, 11) is 3.44. The monoisotopic (exact) mass is 327 g/mol. The van der Waals surface area contributed by atoms with Crippen LogP contribution in [0, 0.1) is 0 Å². The van der Waals surface area contributed by atoms with Crippen molar-refractivity contribution in [3.05, 3.63) is 65.2 Å². The summed E-state index contributed by atoms with van der Waals surface area (Å²) in [6.45, 7) is 2.51. The molecule has 0 aliphatic carbocycles. The van der Waals surface area contributed by atoms with Crippen molar-refractivity contribution in [2.24, 2.45) is 0 Å². The fourth-order valence-electron chi connectivity index (χ4n) is 2.07. The van der Waals surface area contributed by atoms with Crippen molar-refractivity contribution in [2.75, 3.05) is 20.7 Å². The van der Waals surface area contributed by atoms with E-state index in [1.54, 1.807) is 57.4 Å². The van der Waals surface area contributed by atoms with E-state index in [1.807, 2.05) is 12.1 Å². The third-order valence-corrected chi connectivity index (χ3v) is 3.38. The van der Waals surface area contributed by atoms with Crippen LogP contribution in [0.15, 0.2) is 48.5 Å². The van der Waals surface area contributed by atoms with Gasteiger partial charge in [-0.05, 0) is 48.9 Å². The van der Waals surface area contributed by atoms with Crippen LogP contribution in [0.25, 0.3) is 0 Å². The lowest BCUT2D eigenvalue weighted by atomic mass is 10.1. The van der Waals surface area contributed by atoms with Crippen molar-refractivity contribution >= 4 is 11.9 Å². The Bertz CT molecular complexity index is 690. The molecule has 0 unspecified atom stereocenters. The van der Waals surface area contributed by atoms with E-state index in [0.717, 1.165) is 5.56 Å². The Kier molecular flexibility index (Phi) is 5.95. The standard InChI is InChI=1S/C19H21NO4/c1-4-23-19(22)16-9-11-17(12-10-16)24-13-14-5-7-15(8-6-14)18(21)20(2)3/h5-12H,4,13H2,1-3H3. The highest BCUT2D eigenvalue weighted by Crippen LogP contribution is 2.15. The lowest BCUT2D eigenvalue weighted by Gasteiger charge is -2.11. The smallest absolute Gasteiger partial charge is 0.338 e. The van der Waals surface area contributed by atoms with Crippen molar-refractivity contribution in [1.82, 2.24) is 4.90 Å². The number of benzene rings is 2. The Labute approximate surface area is 141 Å². The van der Waals surface area contributed by atoms with Gasteiger partial charge in [-0.25, -0.2) is 4.79 Å². The molecule has 1 amide bonds. The fourth-order valence-corrected chi connectivity index (χ4v) is 2.07. The molecule has 0 aliphatic rings. The molecule has 2 aromatic carbocycles. The van der Waals surface area contributed by atoms with E-state index in [0.29, 0.717) is 30.1 Å². The van der Waals surface area contributed by atoms with Crippen molar-refractivity contribution in [1.29, 1.82) is 0 Å². The lowest BCUT2D eigenvalue weighted by molar-refractivity contribution is 0.0526. The number of esters is 1. The Balaban J connectivity index is 1.93. The van der Waals surface area contributed by atoms with Gasteiger partial charge in [-0.2, -0.15) is 0 Å². The molecule has 0 saturated carbocycles. The maximum absolute atomic E-state index is 11.8. The van der Waals surface area contributed by atoms with Crippen molar-refractivity contribution in [3.63, 3.8) is 0 Å². The normalized spacial score (nSPS) is 10.1. The number of carbonyl (C=O) groups excluding carboxylic acids is 2. The SMILES string of the molecule is CCOC(=O)c1ccc(OCc2ccc(C(=O)N(C)C)cc2)cc1. The third-order valence-electron chi connectivity index (χ3n) is 3.38. The molecule has 126 valence electrons. The maximum atomic E-state index is 11.8. The van der Waals surface area contributed by atoms with E-state index < -0.39 is 0 Å². The molecule has 0 fully saturated rings. The van der Waals surface area contributed by atoms with Gasteiger partial charge < -0.3 is 14.4 Å². The van der Waals surface area contributed by atoms with Gasteiger partial charge in [0.2, 0.25) is 0 Å². The Hall–Kier alpha value is -2.82. The van der Waals surface area contributed by atoms with Gasteiger partial charge in [0, 0.05) is 19.7 Å². The third kappa shape index (κ3) is 4.59. The van der Waals surface area contributed by atoms with Crippen molar-refractivity contribution in [3.8, 4) is 5.75 Å². The molecular formula is C19H21NO4. The summed E-state index contributed by atoms with van der Waals surface area (Å²) in [4.78, 5) is 24.9. The highest BCUT2D eigenvalue weighted by atomic mass is 16.5. The molecule has 0 spiro atoms. The average Bonchev–Trinajstić information content (AvgIpc) is 2.60. The van der Waals surface area contributed by atoms with E-state index in [9.17, 15) is 9.59 Å². The zero-order valence-electron chi connectivity index (χ0n) is 14.1. The predicted octanol–water partition coefficient (Wildman–Crippen LogP) is 3.14. The summed E-state index contributed by atoms with van der Waals surface area (Å²) < 4.78 is 10.6. The quantitative estimate of drug-likeness (QED) is 0.765. The summed E-state index contributed by atoms with van der Waals surface area (Å²) in [5.41, 5.74) is 2.10. The molecule has 0 N–H and O–H groups in total. The van der Waals surface area contributed by atoms with Gasteiger partial charge in [0.25, 0.3) is 5.91 Å². The van der Waals surface area contributed by atoms with Gasteiger partial charge in [-0.1, -0.05) is 12.1 Å². The topological polar surface area (TPSA) is 55.8 Å². The Morgan fingerprint density at radius 2 is 1.50 bits per heavy atom. The zero-order valence-corrected chi connectivity index (χ0v) is 14.1. The zero-order chi connectivity index (χ0) is 17.5. The highest BCUT2D eigenvalue weighted by molar-refractivity contribution is 5.93. The van der Waals surface area contributed by atoms with Gasteiger partial charge in [0.05, 0.1) is 12.2 Å². The number of amides is 1. The molecule has 24 heavy (non-hydrogen) atoms. The van der Waals surface area contributed by atoms with E-state index in [4.69, 9.17) is 9.47 Å². The fraction of sp³-hybridized carbons (Fsp3) is 0.263. The number of carbonyl (C=O) groups is 2. The first-order valence-electron chi connectivity index (χ1n) is 7.72. The van der Waals surface area contributed by atoms with Crippen LogP contribution in [0.3, 0.4) is 0 Å². The van der Waals surface area contributed by atoms with E-state index in [-0.39, 0.29) is 11.9 Å². The van der Waals surface area contributed by atoms with Crippen LogP contribution in [0.1, 0.15) is 33.2 Å². The second-order valence-electron chi connectivity index (χ2n) is 5.43. The van der Waals surface area contributed by atoms with Gasteiger partial charge >= 0.3 is 5.97 Å². The number of nitrogens with zero attached hydrogens (tertiary/aromatic N) is 1. The Morgan fingerprint density at radius 3 is 2.04 bits per heavy atom. The van der Waals surface area contributed by atoms with Gasteiger partial charge in [-0.3, -0.25) is 4.79 Å². The number of ether oxygens (including phenoxy) is 2. The van der Waals surface area contributed by atoms with Crippen LogP contribution >= 0.6 is 0 Å². The second kappa shape index (κ2) is 8.15. The summed E-state index contributed by atoms with van der Waals surface area (Å²) in [6, 6.07) is 14.1. The van der Waals surface area contributed by atoms with E-state index >= 15 is 0 Å². The highest BCUT2D eigenvalue weighted by Gasteiger charge is 2.08. The van der Waals surface area contributed by atoms with Gasteiger partial charge in [-0.15, -0.1) is 0 Å². The summed E-state index contributed by atoms with van der Waals surface area (Å²) in [6.07, 6.45) is 0. The minimum absolute atomic E-state index is 0.0305. The Morgan fingerprint density at radius 1 is 0.917 bits per heavy atom. The summed E-state index contributed by atoms with van der Waals surface area (Å²) in [5.74, 6) is 0.290. The van der Waals surface area contributed by atoms with E-state index in [2.05, 4.69) is 0 Å². The molecule has 0 aliphatic heterocycles. The van der Waals surface area contributed by atoms with Crippen LogP contribution in [-0.2, 0) is 11.3 Å². The first-order chi connectivity index (χ1) is 11.5. The minimum atomic E-state index is -0.342. The predicted molar refractivity (Wildman–Crippen MR) is 91.2 cm³/mol. The molecule has 0 bridgehead atoms. The van der Waals surface area contributed by atoms with Crippen molar-refractivity contribution < 1.29 is 19.1 Å². The molecule has 2 aromatic rings. The summed E-state index contributed by atoms with van der Waals surface area (Å²) >= 11 is 0. The van der Waals surface area contributed by atoms with Gasteiger partial charge in [0.1, 0.15) is 12.4 Å². The van der Waals surface area contributed by atoms with Crippen molar-refractivity contribution in [2.45, 2.75) is 13.5 Å². The largest absolute Gasteiger partial charge is 0.489 e. The molecule has 2 rings (SSSR count). The lowest BCUT2D eigenvalue weighted by Crippen LogP contribution is -2.21. The molecule has 0 saturated heterocycles. The molecule has 5 nitrogen and oxygen atoms in total. The minimum Gasteiger partial charge on any atom is -0.489 e. The number of hydrogen-bond donors (Lipinski definition) is 0. The van der Waals surface area contributed by atoms with Crippen LogP contribution in [-0.4, -0.2) is 37.5 Å². The van der Waals surface area contributed by atoms with Crippen LogP contribution in [0.2, 0.25) is 0 Å². The molecule has 0 radical (unpaired) electrons. The molecule has 0 atom stereocenters. The van der Waals surface area contributed by atoms with E-state index in [1.165, 1.54) is 4.90 Å². The van der Waals surface area contributed by atoms with Crippen LogP contribution in [0.5, 0.6) is 5.75 Å². The average molecular weight is 327 g/mol. The van der Waals surface area contributed by atoms with Crippen LogP contribution < -0.4 is 4.74 Å². The first kappa shape index (κ1) is 17.5. The van der Waals surface area contributed by atoms with Crippen LogP contribution in [0.4, 0.5) is 0 Å². The molecule has 0 aromatic heterocycles.